The first-order chi connectivity index (χ1) is 13.6. The largest absolute Gasteiger partial charge is 0.342 e. The van der Waals surface area contributed by atoms with Crippen molar-refractivity contribution in [1.29, 1.82) is 0 Å². The van der Waals surface area contributed by atoms with Gasteiger partial charge in [-0.05, 0) is 49.4 Å². The normalized spacial score (nSPS) is 16.7. The highest BCUT2D eigenvalue weighted by Crippen LogP contribution is 2.26. The van der Waals surface area contributed by atoms with Crippen LogP contribution >= 0.6 is 23.1 Å². The van der Waals surface area contributed by atoms with Crippen LogP contribution in [0.2, 0.25) is 0 Å². The number of carbonyl (C=O) groups excluding carboxylic acids is 1. The molecule has 1 aromatic carbocycles. The molecule has 2 heterocycles. The molecular formula is C20H27N3O2S3. The van der Waals surface area contributed by atoms with Gasteiger partial charge in [-0.2, -0.15) is 0 Å². The van der Waals surface area contributed by atoms with Gasteiger partial charge < -0.3 is 15.5 Å². The van der Waals surface area contributed by atoms with Crippen molar-refractivity contribution in [2.45, 2.75) is 33.9 Å². The summed E-state index contributed by atoms with van der Waals surface area (Å²) in [7, 11) is -1.14. The highest BCUT2D eigenvalue weighted by Gasteiger charge is 2.16. The maximum Gasteiger partial charge on any atom is 0.219 e. The minimum atomic E-state index is -1.14. The standard InChI is InChI=1S/C20H27N3O2S3/c1-16(24)23-10-2-9-22(11-12-23)13-14-26-17-3-6-19(7-4-17)28(25)20-8-5-18(15-21)27-20/h3-8H,2,9-15,21H2,1H3. The van der Waals surface area contributed by atoms with Crippen molar-refractivity contribution < 1.29 is 9.00 Å². The summed E-state index contributed by atoms with van der Waals surface area (Å²) in [6.07, 6.45) is 1.04. The van der Waals surface area contributed by atoms with E-state index in [0.717, 1.165) is 58.9 Å². The van der Waals surface area contributed by atoms with E-state index >= 15 is 0 Å². The van der Waals surface area contributed by atoms with Crippen molar-refractivity contribution in [3.63, 3.8) is 0 Å². The number of rotatable bonds is 7. The van der Waals surface area contributed by atoms with Crippen LogP contribution in [-0.4, -0.2) is 58.4 Å². The lowest BCUT2D eigenvalue weighted by molar-refractivity contribution is -0.128. The van der Waals surface area contributed by atoms with Crippen molar-refractivity contribution in [3.8, 4) is 0 Å². The first-order valence-electron chi connectivity index (χ1n) is 9.48. The Hall–Kier alpha value is -1.19. The summed E-state index contributed by atoms with van der Waals surface area (Å²) in [5.74, 6) is 1.18. The summed E-state index contributed by atoms with van der Waals surface area (Å²) in [6.45, 7) is 6.85. The van der Waals surface area contributed by atoms with E-state index in [1.807, 2.05) is 40.9 Å². The SMILES string of the molecule is CC(=O)N1CCCN(CCSc2ccc(S(=O)c3ccc(CN)s3)cc2)CC1. The van der Waals surface area contributed by atoms with Gasteiger partial charge in [-0.25, -0.2) is 4.21 Å². The summed E-state index contributed by atoms with van der Waals surface area (Å²) < 4.78 is 13.5. The van der Waals surface area contributed by atoms with Crippen molar-refractivity contribution >= 4 is 39.8 Å². The maximum atomic E-state index is 12.7. The third kappa shape index (κ3) is 5.90. The molecule has 0 bridgehead atoms. The molecule has 0 aliphatic carbocycles. The van der Waals surface area contributed by atoms with Crippen molar-refractivity contribution in [1.82, 2.24) is 9.80 Å². The fourth-order valence-corrected chi connectivity index (χ4v) is 6.39. The lowest BCUT2D eigenvalue weighted by atomic mass is 10.4. The number of hydrogen-bond donors (Lipinski definition) is 1. The molecule has 5 nitrogen and oxygen atoms in total. The first kappa shape index (κ1) is 21.5. The van der Waals surface area contributed by atoms with E-state index in [-0.39, 0.29) is 5.91 Å². The van der Waals surface area contributed by atoms with E-state index in [9.17, 15) is 9.00 Å². The second-order valence-corrected chi connectivity index (χ2v) is 10.8. The quantitative estimate of drug-likeness (QED) is 0.675. The molecule has 0 radical (unpaired) electrons. The zero-order chi connectivity index (χ0) is 19.9. The number of nitrogens with two attached hydrogens (primary N) is 1. The number of amides is 1. The number of thiophene rings is 1. The second-order valence-electron chi connectivity index (χ2n) is 6.71. The third-order valence-electron chi connectivity index (χ3n) is 4.77. The molecule has 1 fully saturated rings. The Kier molecular flexibility index (Phi) is 8.11. The van der Waals surface area contributed by atoms with Gasteiger partial charge in [-0.3, -0.25) is 4.79 Å². The third-order valence-corrected chi connectivity index (χ3v) is 8.57. The van der Waals surface area contributed by atoms with E-state index in [1.54, 1.807) is 6.92 Å². The van der Waals surface area contributed by atoms with E-state index in [1.165, 1.54) is 16.2 Å². The summed E-state index contributed by atoms with van der Waals surface area (Å²) in [6, 6.07) is 11.9. The Morgan fingerprint density at radius 2 is 1.93 bits per heavy atom. The number of hydrogen-bond acceptors (Lipinski definition) is 6. The Bertz CT molecular complexity index is 807. The lowest BCUT2D eigenvalue weighted by Gasteiger charge is -2.20. The highest BCUT2D eigenvalue weighted by atomic mass is 32.2. The van der Waals surface area contributed by atoms with Crippen LogP contribution in [0.15, 0.2) is 50.4 Å². The molecule has 1 saturated heterocycles. The number of benzene rings is 1. The summed E-state index contributed by atoms with van der Waals surface area (Å²) >= 11 is 3.33. The summed E-state index contributed by atoms with van der Waals surface area (Å²) in [4.78, 5) is 19.0. The van der Waals surface area contributed by atoms with Gasteiger partial charge in [0.15, 0.2) is 0 Å². The predicted molar refractivity (Wildman–Crippen MR) is 117 cm³/mol. The average Bonchev–Trinajstić information content (AvgIpc) is 3.06. The van der Waals surface area contributed by atoms with Crippen LogP contribution in [0, 0.1) is 0 Å². The van der Waals surface area contributed by atoms with E-state index in [0.29, 0.717) is 6.54 Å². The van der Waals surface area contributed by atoms with E-state index < -0.39 is 10.8 Å². The molecular weight excluding hydrogens is 410 g/mol. The molecule has 8 heteroatoms. The van der Waals surface area contributed by atoms with Gasteiger partial charge in [0, 0.05) is 60.1 Å². The van der Waals surface area contributed by atoms with E-state index in [2.05, 4.69) is 17.0 Å². The Morgan fingerprint density at radius 1 is 1.14 bits per heavy atom. The van der Waals surface area contributed by atoms with Crippen LogP contribution in [-0.2, 0) is 22.1 Å². The molecule has 28 heavy (non-hydrogen) atoms. The zero-order valence-corrected chi connectivity index (χ0v) is 18.6. The minimum Gasteiger partial charge on any atom is -0.342 e. The number of carbonyl (C=O) groups is 1. The van der Waals surface area contributed by atoms with Gasteiger partial charge in [-0.15, -0.1) is 23.1 Å². The molecule has 1 aromatic heterocycles. The predicted octanol–water partition coefficient (Wildman–Crippen LogP) is 3.02. The first-order valence-corrected chi connectivity index (χ1v) is 12.4. The van der Waals surface area contributed by atoms with Gasteiger partial charge in [0.1, 0.15) is 0 Å². The van der Waals surface area contributed by atoms with Crippen LogP contribution in [0.1, 0.15) is 18.2 Å². The fourth-order valence-electron chi connectivity index (χ4n) is 3.15. The average molecular weight is 438 g/mol. The fraction of sp³-hybridized carbons (Fsp3) is 0.450. The monoisotopic (exact) mass is 437 g/mol. The van der Waals surface area contributed by atoms with Crippen LogP contribution in [0.3, 0.4) is 0 Å². The van der Waals surface area contributed by atoms with Crippen LogP contribution in [0.4, 0.5) is 0 Å². The molecule has 0 spiro atoms. The maximum absolute atomic E-state index is 12.7. The molecule has 3 rings (SSSR count). The Labute approximate surface area is 177 Å². The summed E-state index contributed by atoms with van der Waals surface area (Å²) in [5, 5.41) is 0. The van der Waals surface area contributed by atoms with Crippen molar-refractivity contribution in [2.75, 3.05) is 38.5 Å². The second kappa shape index (κ2) is 10.5. The van der Waals surface area contributed by atoms with Crippen LogP contribution in [0.5, 0.6) is 0 Å². The molecule has 2 N–H and O–H groups in total. The summed E-state index contributed by atoms with van der Waals surface area (Å²) in [5.41, 5.74) is 5.64. The van der Waals surface area contributed by atoms with Gasteiger partial charge in [0.2, 0.25) is 5.91 Å². The number of thioether (sulfide) groups is 1. The van der Waals surface area contributed by atoms with Gasteiger partial charge >= 0.3 is 0 Å². The van der Waals surface area contributed by atoms with Crippen LogP contribution in [0.25, 0.3) is 0 Å². The molecule has 2 aromatic rings. The highest BCUT2D eigenvalue weighted by molar-refractivity contribution is 7.99. The number of nitrogens with zero attached hydrogens (tertiary/aromatic N) is 2. The van der Waals surface area contributed by atoms with Crippen LogP contribution < -0.4 is 5.73 Å². The Morgan fingerprint density at radius 3 is 2.61 bits per heavy atom. The van der Waals surface area contributed by atoms with Gasteiger partial charge in [-0.1, -0.05) is 0 Å². The smallest absolute Gasteiger partial charge is 0.219 e. The molecule has 0 saturated carbocycles. The molecule has 1 atom stereocenters. The van der Waals surface area contributed by atoms with Gasteiger partial charge in [0.25, 0.3) is 0 Å². The minimum absolute atomic E-state index is 0.176. The molecule has 1 amide bonds. The topological polar surface area (TPSA) is 66.6 Å². The molecule has 1 aliphatic rings. The van der Waals surface area contributed by atoms with Crippen molar-refractivity contribution in [2.24, 2.45) is 5.73 Å². The lowest BCUT2D eigenvalue weighted by Crippen LogP contribution is -2.34. The van der Waals surface area contributed by atoms with E-state index in [4.69, 9.17) is 5.73 Å². The molecule has 1 unspecified atom stereocenters. The zero-order valence-electron chi connectivity index (χ0n) is 16.1. The molecule has 1 aliphatic heterocycles. The Balaban J connectivity index is 1.47. The molecule has 152 valence electrons. The van der Waals surface area contributed by atoms with Crippen molar-refractivity contribution in [3.05, 3.63) is 41.3 Å². The van der Waals surface area contributed by atoms with Gasteiger partial charge in [0.05, 0.1) is 15.0 Å².